The van der Waals surface area contributed by atoms with Crippen LogP contribution in [-0.2, 0) is 19.1 Å². The molecule has 4 amide bonds. The van der Waals surface area contributed by atoms with Gasteiger partial charge in [0.25, 0.3) is 11.8 Å². The number of nitriles is 1. The maximum atomic E-state index is 13.1. The SMILES string of the molecule is CNC(=O)C(=O)C(C[C@@H]1C[C@@H](C)NC1=O)NC(=O)c1cc(C#N)ccc1NC(=O)OC1CC1. The van der Waals surface area contributed by atoms with Gasteiger partial charge in [-0.3, -0.25) is 24.5 Å². The van der Waals surface area contributed by atoms with E-state index in [9.17, 15) is 29.2 Å². The number of nitrogens with one attached hydrogen (secondary N) is 4. The second kappa shape index (κ2) is 10.1. The molecule has 11 heteroatoms. The van der Waals surface area contributed by atoms with Crippen LogP contribution in [-0.4, -0.2) is 54.8 Å². The predicted octanol–water partition coefficient (Wildman–Crippen LogP) is 0.597. The molecule has 1 aliphatic heterocycles. The van der Waals surface area contributed by atoms with E-state index >= 15 is 0 Å². The van der Waals surface area contributed by atoms with Crippen molar-refractivity contribution >= 4 is 35.3 Å². The van der Waals surface area contributed by atoms with Crippen LogP contribution >= 0.6 is 0 Å². The molecule has 1 saturated carbocycles. The number of nitrogens with zero attached hydrogens (tertiary/aromatic N) is 1. The normalized spacial score (nSPS) is 20.1. The summed E-state index contributed by atoms with van der Waals surface area (Å²) in [7, 11) is 1.29. The molecule has 33 heavy (non-hydrogen) atoms. The largest absolute Gasteiger partial charge is 0.446 e. The molecule has 4 N–H and O–H groups in total. The first-order chi connectivity index (χ1) is 15.7. The molecule has 1 heterocycles. The number of hydrogen-bond acceptors (Lipinski definition) is 7. The van der Waals surface area contributed by atoms with Crippen molar-refractivity contribution in [3.63, 3.8) is 0 Å². The molecule has 3 atom stereocenters. The van der Waals surface area contributed by atoms with Gasteiger partial charge in [0, 0.05) is 19.0 Å². The van der Waals surface area contributed by atoms with Crippen molar-refractivity contribution in [1.82, 2.24) is 16.0 Å². The number of carbonyl (C=O) groups excluding carboxylic acids is 5. The molecule has 0 radical (unpaired) electrons. The van der Waals surface area contributed by atoms with Crippen LogP contribution in [0.2, 0.25) is 0 Å². The molecule has 0 bridgehead atoms. The minimum atomic E-state index is -1.28. The number of rotatable bonds is 8. The number of amides is 4. The first-order valence-electron chi connectivity index (χ1n) is 10.6. The van der Waals surface area contributed by atoms with Crippen LogP contribution < -0.4 is 21.3 Å². The number of anilines is 1. The van der Waals surface area contributed by atoms with Gasteiger partial charge in [-0.2, -0.15) is 5.26 Å². The molecule has 174 valence electrons. The summed E-state index contributed by atoms with van der Waals surface area (Å²) in [5.41, 5.74) is 0.149. The Kier molecular flexibility index (Phi) is 7.27. The summed E-state index contributed by atoms with van der Waals surface area (Å²) in [6, 6.07) is 4.59. The standard InChI is InChI=1S/C22H25N5O6/c1-11-7-13(19(29)25-11)9-17(18(28)21(31)24-2)26-20(30)15-8-12(10-23)3-6-16(15)27-22(32)33-14-4-5-14/h3,6,8,11,13-14,17H,4-5,7,9H2,1-2H3,(H,24,31)(H,25,29)(H,26,30)(H,27,32)/t11-,13+,17?/m1/s1. The quantitative estimate of drug-likeness (QED) is 0.416. The number of benzene rings is 1. The first-order valence-corrected chi connectivity index (χ1v) is 10.6. The fourth-order valence-corrected chi connectivity index (χ4v) is 3.58. The van der Waals surface area contributed by atoms with E-state index in [0.29, 0.717) is 6.42 Å². The maximum absolute atomic E-state index is 13.1. The highest BCUT2D eigenvalue weighted by Gasteiger charge is 2.36. The van der Waals surface area contributed by atoms with Crippen LogP contribution in [0.4, 0.5) is 10.5 Å². The zero-order chi connectivity index (χ0) is 24.1. The lowest BCUT2D eigenvalue weighted by Crippen LogP contribution is -2.48. The zero-order valence-corrected chi connectivity index (χ0v) is 18.3. The highest BCUT2D eigenvalue weighted by atomic mass is 16.6. The van der Waals surface area contributed by atoms with Crippen LogP contribution in [0.25, 0.3) is 0 Å². The third kappa shape index (κ3) is 6.06. The molecule has 1 aromatic carbocycles. The van der Waals surface area contributed by atoms with Gasteiger partial charge in [0.2, 0.25) is 11.7 Å². The van der Waals surface area contributed by atoms with Crippen molar-refractivity contribution in [2.75, 3.05) is 12.4 Å². The van der Waals surface area contributed by atoms with E-state index in [1.165, 1.54) is 25.2 Å². The van der Waals surface area contributed by atoms with Crippen LogP contribution in [0.1, 0.15) is 48.5 Å². The average molecular weight is 455 g/mol. The van der Waals surface area contributed by atoms with Gasteiger partial charge in [0.15, 0.2) is 0 Å². The molecule has 11 nitrogen and oxygen atoms in total. The topological polar surface area (TPSA) is 166 Å². The van der Waals surface area contributed by atoms with Crippen LogP contribution in [0.15, 0.2) is 18.2 Å². The van der Waals surface area contributed by atoms with Crippen molar-refractivity contribution in [3.05, 3.63) is 29.3 Å². The Morgan fingerprint density at radius 2 is 2.00 bits per heavy atom. The molecule has 0 spiro atoms. The lowest BCUT2D eigenvalue weighted by atomic mass is 9.93. The molecule has 1 aliphatic carbocycles. The summed E-state index contributed by atoms with van der Waals surface area (Å²) in [4.78, 5) is 61.9. The number of Topliss-reactive ketones (excluding diaryl/α,β-unsaturated/α-hetero) is 1. The molecule has 2 fully saturated rings. The summed E-state index contributed by atoms with van der Waals surface area (Å²) in [6.45, 7) is 1.82. The summed E-state index contributed by atoms with van der Waals surface area (Å²) in [5, 5.41) is 19.2. The van der Waals surface area contributed by atoms with Crippen molar-refractivity contribution in [3.8, 4) is 6.07 Å². The van der Waals surface area contributed by atoms with Crippen molar-refractivity contribution in [2.24, 2.45) is 5.92 Å². The number of ketones is 1. The Morgan fingerprint density at radius 1 is 1.27 bits per heavy atom. The Morgan fingerprint density at radius 3 is 2.58 bits per heavy atom. The first kappa shape index (κ1) is 23.7. The maximum Gasteiger partial charge on any atom is 0.411 e. The van der Waals surface area contributed by atoms with Gasteiger partial charge in [-0.15, -0.1) is 0 Å². The van der Waals surface area contributed by atoms with Crippen LogP contribution in [0, 0.1) is 17.2 Å². The minimum Gasteiger partial charge on any atom is -0.446 e. The highest BCUT2D eigenvalue weighted by Crippen LogP contribution is 2.25. The van der Waals surface area contributed by atoms with E-state index in [-0.39, 0.29) is 41.3 Å². The van der Waals surface area contributed by atoms with Gasteiger partial charge in [-0.05, 0) is 50.8 Å². The van der Waals surface area contributed by atoms with E-state index in [1.54, 1.807) is 0 Å². The lowest BCUT2D eigenvalue weighted by Gasteiger charge is -2.20. The number of ether oxygens (including phenoxy) is 1. The number of hydrogen-bond donors (Lipinski definition) is 4. The molecule has 3 rings (SSSR count). The predicted molar refractivity (Wildman–Crippen MR) is 115 cm³/mol. The monoisotopic (exact) mass is 455 g/mol. The third-order valence-electron chi connectivity index (χ3n) is 5.42. The van der Waals surface area contributed by atoms with Crippen LogP contribution in [0.3, 0.4) is 0 Å². The van der Waals surface area contributed by atoms with Gasteiger partial charge in [-0.25, -0.2) is 4.79 Å². The second-order valence-electron chi connectivity index (χ2n) is 8.15. The Balaban J connectivity index is 1.82. The van der Waals surface area contributed by atoms with Crippen molar-refractivity contribution < 1.29 is 28.7 Å². The Hall–Kier alpha value is -3.94. The molecular weight excluding hydrogens is 430 g/mol. The number of carbonyl (C=O) groups is 5. The van der Waals surface area contributed by atoms with E-state index in [4.69, 9.17) is 4.74 Å². The molecule has 2 aliphatic rings. The van der Waals surface area contributed by atoms with E-state index in [1.807, 2.05) is 13.0 Å². The van der Waals surface area contributed by atoms with Crippen molar-refractivity contribution in [2.45, 2.75) is 50.8 Å². The summed E-state index contributed by atoms with van der Waals surface area (Å²) < 4.78 is 5.13. The number of likely N-dealkylation sites (N-methyl/N-ethyl adjacent to an activating group) is 1. The summed E-state index contributed by atoms with van der Waals surface area (Å²) >= 11 is 0. The molecule has 1 saturated heterocycles. The molecule has 1 unspecified atom stereocenters. The summed E-state index contributed by atoms with van der Waals surface area (Å²) in [5.74, 6) is -3.43. The molecule has 1 aromatic rings. The third-order valence-corrected chi connectivity index (χ3v) is 5.42. The smallest absolute Gasteiger partial charge is 0.411 e. The van der Waals surface area contributed by atoms with Gasteiger partial charge in [-0.1, -0.05) is 0 Å². The van der Waals surface area contributed by atoms with Crippen LogP contribution in [0.5, 0.6) is 0 Å². The summed E-state index contributed by atoms with van der Waals surface area (Å²) in [6.07, 6.45) is 1.02. The van der Waals surface area contributed by atoms with E-state index < -0.39 is 35.7 Å². The van der Waals surface area contributed by atoms with E-state index in [0.717, 1.165) is 12.8 Å². The second-order valence-corrected chi connectivity index (χ2v) is 8.15. The fourth-order valence-electron chi connectivity index (χ4n) is 3.58. The van der Waals surface area contributed by atoms with E-state index in [2.05, 4.69) is 21.3 Å². The highest BCUT2D eigenvalue weighted by molar-refractivity contribution is 6.38. The van der Waals surface area contributed by atoms with Gasteiger partial charge < -0.3 is 20.7 Å². The van der Waals surface area contributed by atoms with Gasteiger partial charge >= 0.3 is 6.09 Å². The molecular formula is C22H25N5O6. The van der Waals surface area contributed by atoms with Crippen molar-refractivity contribution in [1.29, 1.82) is 5.26 Å². The van der Waals surface area contributed by atoms with Gasteiger partial charge in [0.1, 0.15) is 6.10 Å². The fraction of sp³-hybridized carbons (Fsp3) is 0.455. The molecule has 0 aromatic heterocycles. The Labute approximate surface area is 190 Å². The average Bonchev–Trinajstić information content (AvgIpc) is 3.54. The zero-order valence-electron chi connectivity index (χ0n) is 18.3. The minimum absolute atomic E-state index is 0.0708. The Bertz CT molecular complexity index is 1030. The van der Waals surface area contributed by atoms with Gasteiger partial charge in [0.05, 0.1) is 28.9 Å². The lowest BCUT2D eigenvalue weighted by molar-refractivity contribution is -0.139.